The number of para-hydroxylation sites is 1. The number of allylic oxidation sites excluding steroid dienone is 1. The van der Waals surface area contributed by atoms with E-state index in [0.717, 1.165) is 40.6 Å². The van der Waals surface area contributed by atoms with Crippen LogP contribution in [0.2, 0.25) is 0 Å². The molecular weight excluding hydrogens is 338 g/mol. The van der Waals surface area contributed by atoms with Gasteiger partial charge in [-0.15, -0.1) is 0 Å². The number of hydrogen-bond donors (Lipinski definition) is 1. The molecule has 0 saturated heterocycles. The summed E-state index contributed by atoms with van der Waals surface area (Å²) in [7, 11) is 0. The predicted octanol–water partition coefficient (Wildman–Crippen LogP) is 4.70. The normalized spacial score (nSPS) is 19.6. The van der Waals surface area contributed by atoms with E-state index in [9.17, 15) is 0 Å². The highest BCUT2D eigenvalue weighted by Crippen LogP contribution is 2.49. The molecule has 5 nitrogen and oxygen atoms in total. The van der Waals surface area contributed by atoms with E-state index in [1.54, 1.807) is 0 Å². The molecule has 5 heteroatoms. The summed E-state index contributed by atoms with van der Waals surface area (Å²) < 4.78 is 14.4. The minimum absolute atomic E-state index is 0.690. The summed E-state index contributed by atoms with van der Waals surface area (Å²) in [6.45, 7) is 6.08. The van der Waals surface area contributed by atoms with Gasteiger partial charge in [0.25, 0.3) is 0 Å². The van der Waals surface area contributed by atoms with Crippen molar-refractivity contribution in [2.24, 2.45) is 0 Å². The maximum absolute atomic E-state index is 6.44. The van der Waals surface area contributed by atoms with E-state index < -0.39 is 5.72 Å². The maximum atomic E-state index is 6.44. The number of ether oxygens (including phenoxy) is 2. The average molecular weight is 359 g/mol. The van der Waals surface area contributed by atoms with Crippen molar-refractivity contribution in [1.82, 2.24) is 9.78 Å². The monoisotopic (exact) mass is 359 g/mol. The van der Waals surface area contributed by atoms with Gasteiger partial charge in [0, 0.05) is 6.08 Å². The highest BCUT2D eigenvalue weighted by Gasteiger charge is 2.47. The van der Waals surface area contributed by atoms with Crippen LogP contribution in [-0.4, -0.2) is 9.78 Å². The van der Waals surface area contributed by atoms with Gasteiger partial charge >= 0.3 is 0 Å². The molecule has 1 spiro atoms. The number of fused-ring (bicyclic) bond motifs is 3. The Hall–Kier alpha value is -3.21. The topological polar surface area (TPSA) is 48.3 Å². The van der Waals surface area contributed by atoms with Crippen LogP contribution in [0.1, 0.15) is 30.7 Å². The van der Waals surface area contributed by atoms with Gasteiger partial charge in [-0.1, -0.05) is 31.2 Å². The number of aromatic nitrogens is 2. The molecule has 2 aliphatic heterocycles. The average Bonchev–Trinajstić information content (AvgIpc) is 3.19. The Kier molecular flexibility index (Phi) is 3.34. The zero-order chi connectivity index (χ0) is 18.6. The van der Waals surface area contributed by atoms with Crippen LogP contribution in [-0.2, 0) is 12.1 Å². The molecule has 0 amide bonds. The van der Waals surface area contributed by atoms with Crippen molar-refractivity contribution in [2.45, 2.75) is 32.9 Å². The number of rotatable bonds is 2. The second-order valence-corrected chi connectivity index (χ2v) is 7.02. The fourth-order valence-electron chi connectivity index (χ4n) is 3.87. The summed E-state index contributed by atoms with van der Waals surface area (Å²) in [5.41, 5.74) is 4.20. The van der Waals surface area contributed by atoms with Gasteiger partial charge in [-0.3, -0.25) is 0 Å². The van der Waals surface area contributed by atoms with Crippen molar-refractivity contribution in [1.29, 1.82) is 0 Å². The standard InChI is InChI=1S/C22H21N3O2/c1-4-16-10-11-19-18(12-16)23-22(27-19)13-14(2)26-21-20(22)15(3)24-25(21)17-8-6-5-7-9-17/h5-13,23H,4H2,1-3H3/t22-/m1/s1. The highest BCUT2D eigenvalue weighted by molar-refractivity contribution is 5.67. The summed E-state index contributed by atoms with van der Waals surface area (Å²) >= 11 is 0. The molecule has 0 saturated carbocycles. The molecule has 0 radical (unpaired) electrons. The van der Waals surface area contributed by atoms with E-state index >= 15 is 0 Å². The fraction of sp³-hybridized carbons (Fsp3) is 0.227. The largest absolute Gasteiger partial charge is 0.458 e. The lowest BCUT2D eigenvalue weighted by atomic mass is 10.00. The first-order valence-electron chi connectivity index (χ1n) is 9.22. The molecule has 0 bridgehead atoms. The minimum Gasteiger partial charge on any atom is -0.458 e. The van der Waals surface area contributed by atoms with Gasteiger partial charge < -0.3 is 14.8 Å². The van der Waals surface area contributed by atoms with Crippen LogP contribution in [0.3, 0.4) is 0 Å². The van der Waals surface area contributed by atoms with Crippen molar-refractivity contribution in [3.8, 4) is 17.3 Å². The molecule has 1 N–H and O–H groups in total. The van der Waals surface area contributed by atoms with Crippen LogP contribution in [0.5, 0.6) is 11.6 Å². The molecule has 0 aliphatic carbocycles. The molecular formula is C22H21N3O2. The minimum atomic E-state index is -0.802. The molecule has 5 rings (SSSR count). The summed E-state index contributed by atoms with van der Waals surface area (Å²) in [6.07, 6.45) is 2.97. The van der Waals surface area contributed by atoms with Gasteiger partial charge in [-0.05, 0) is 50.1 Å². The number of nitrogens with zero attached hydrogens (tertiary/aromatic N) is 2. The van der Waals surface area contributed by atoms with Gasteiger partial charge in [0.15, 0.2) is 0 Å². The lowest BCUT2D eigenvalue weighted by Gasteiger charge is -2.31. The molecule has 3 aromatic rings. The van der Waals surface area contributed by atoms with Crippen molar-refractivity contribution >= 4 is 5.69 Å². The number of nitrogens with one attached hydrogen (secondary N) is 1. The van der Waals surface area contributed by atoms with Crippen LogP contribution in [0.4, 0.5) is 5.69 Å². The van der Waals surface area contributed by atoms with Crippen molar-refractivity contribution in [3.05, 3.63) is 77.2 Å². The first-order valence-corrected chi connectivity index (χ1v) is 9.22. The molecule has 3 heterocycles. The Balaban J connectivity index is 1.67. The molecule has 0 unspecified atom stereocenters. The molecule has 1 atom stereocenters. The zero-order valence-electron chi connectivity index (χ0n) is 15.6. The number of anilines is 1. The predicted molar refractivity (Wildman–Crippen MR) is 104 cm³/mol. The second kappa shape index (κ2) is 5.64. The van der Waals surface area contributed by atoms with Gasteiger partial charge in [0.1, 0.15) is 17.1 Å². The first kappa shape index (κ1) is 16.0. The lowest BCUT2D eigenvalue weighted by molar-refractivity contribution is 0.153. The van der Waals surface area contributed by atoms with E-state index in [-0.39, 0.29) is 0 Å². The van der Waals surface area contributed by atoms with Gasteiger partial charge in [-0.25, -0.2) is 4.68 Å². The van der Waals surface area contributed by atoms with Gasteiger partial charge in [0.05, 0.1) is 17.1 Å². The Labute approximate surface area is 158 Å². The van der Waals surface area contributed by atoms with Crippen LogP contribution in [0.15, 0.2) is 60.4 Å². The molecule has 2 aromatic carbocycles. The van der Waals surface area contributed by atoms with Crippen LogP contribution in [0.25, 0.3) is 5.69 Å². The molecule has 1 aromatic heterocycles. The van der Waals surface area contributed by atoms with E-state index in [2.05, 4.69) is 24.4 Å². The Morgan fingerprint density at radius 1 is 1.11 bits per heavy atom. The van der Waals surface area contributed by atoms with E-state index in [1.807, 2.05) is 61.0 Å². The van der Waals surface area contributed by atoms with Crippen LogP contribution in [0, 0.1) is 6.92 Å². The van der Waals surface area contributed by atoms with E-state index in [1.165, 1.54) is 5.56 Å². The fourth-order valence-corrected chi connectivity index (χ4v) is 3.87. The van der Waals surface area contributed by atoms with Crippen molar-refractivity contribution < 1.29 is 9.47 Å². The maximum Gasteiger partial charge on any atom is 0.237 e. The van der Waals surface area contributed by atoms with E-state index in [0.29, 0.717) is 5.88 Å². The third-order valence-electron chi connectivity index (χ3n) is 5.10. The molecule has 2 aliphatic rings. The molecule has 27 heavy (non-hydrogen) atoms. The Morgan fingerprint density at radius 2 is 1.93 bits per heavy atom. The molecule has 0 fully saturated rings. The number of aryl methyl sites for hydroxylation is 2. The summed E-state index contributed by atoms with van der Waals surface area (Å²) in [5, 5.41) is 8.34. The Morgan fingerprint density at radius 3 is 2.70 bits per heavy atom. The SMILES string of the molecule is CCc1ccc2c(c1)N[C@]1(C=C(C)Oc3c1c(C)nn3-c1ccccc1)O2. The highest BCUT2D eigenvalue weighted by atomic mass is 16.5. The summed E-state index contributed by atoms with van der Waals surface area (Å²) in [4.78, 5) is 0. The van der Waals surface area contributed by atoms with Crippen molar-refractivity contribution in [3.63, 3.8) is 0 Å². The third-order valence-corrected chi connectivity index (χ3v) is 5.10. The third kappa shape index (κ3) is 2.35. The van der Waals surface area contributed by atoms with E-state index in [4.69, 9.17) is 14.6 Å². The van der Waals surface area contributed by atoms with Gasteiger partial charge in [0.2, 0.25) is 11.6 Å². The molecule has 136 valence electrons. The van der Waals surface area contributed by atoms with Crippen LogP contribution >= 0.6 is 0 Å². The van der Waals surface area contributed by atoms with Crippen molar-refractivity contribution in [2.75, 3.05) is 5.32 Å². The van der Waals surface area contributed by atoms with Gasteiger partial charge in [-0.2, -0.15) is 5.10 Å². The first-order chi connectivity index (χ1) is 13.1. The second-order valence-electron chi connectivity index (χ2n) is 7.02. The number of benzene rings is 2. The summed E-state index contributed by atoms with van der Waals surface area (Å²) in [6, 6.07) is 16.3. The Bertz CT molecular complexity index is 1070. The number of hydrogen-bond acceptors (Lipinski definition) is 4. The quantitative estimate of drug-likeness (QED) is 0.721. The summed E-state index contributed by atoms with van der Waals surface area (Å²) in [5.74, 6) is 2.31. The lowest BCUT2D eigenvalue weighted by Crippen LogP contribution is -2.38. The van der Waals surface area contributed by atoms with Crippen LogP contribution < -0.4 is 14.8 Å². The smallest absolute Gasteiger partial charge is 0.237 e. The zero-order valence-corrected chi connectivity index (χ0v) is 15.6.